The highest BCUT2D eigenvalue weighted by molar-refractivity contribution is 5.97. The van der Waals surface area contributed by atoms with Crippen LogP contribution in [0.2, 0.25) is 0 Å². The number of carbonyl (C=O) groups is 1. The van der Waals surface area contributed by atoms with Crippen molar-refractivity contribution >= 4 is 5.78 Å². The summed E-state index contributed by atoms with van der Waals surface area (Å²) >= 11 is 0. The fourth-order valence-corrected chi connectivity index (χ4v) is 1.86. The number of nitrogens with zero attached hydrogens (tertiary/aromatic N) is 1. The summed E-state index contributed by atoms with van der Waals surface area (Å²) in [7, 11) is 0. The number of hydrogen-bond acceptors (Lipinski definition) is 3. The predicted octanol–water partition coefficient (Wildman–Crippen LogP) is 3.21. The van der Waals surface area contributed by atoms with Crippen molar-refractivity contribution in [2.75, 3.05) is 6.61 Å². The smallest absolute Gasteiger partial charge is 0.168 e. The minimum Gasteiger partial charge on any atom is -0.494 e. The standard InChI is InChI=1S/C16H17NO2/c1-3-19-14-8-6-13(7-9-14)16(18)11-15-12(2)5-4-10-17-15/h4-10H,3,11H2,1-2H3. The van der Waals surface area contributed by atoms with Crippen molar-refractivity contribution in [3.8, 4) is 5.75 Å². The molecule has 0 fully saturated rings. The molecule has 98 valence electrons. The van der Waals surface area contributed by atoms with E-state index in [4.69, 9.17) is 4.74 Å². The fraction of sp³-hybridized carbons (Fsp3) is 0.250. The highest BCUT2D eigenvalue weighted by Crippen LogP contribution is 2.14. The molecule has 1 aromatic heterocycles. The third-order valence-electron chi connectivity index (χ3n) is 2.93. The summed E-state index contributed by atoms with van der Waals surface area (Å²) in [6.07, 6.45) is 2.05. The zero-order valence-corrected chi connectivity index (χ0v) is 11.2. The van der Waals surface area contributed by atoms with Crippen molar-refractivity contribution in [3.63, 3.8) is 0 Å². The van der Waals surface area contributed by atoms with Crippen LogP contribution in [0, 0.1) is 6.92 Å². The molecule has 0 saturated carbocycles. The van der Waals surface area contributed by atoms with E-state index in [1.54, 1.807) is 18.3 Å². The summed E-state index contributed by atoms with van der Waals surface area (Å²) in [4.78, 5) is 16.4. The first-order valence-corrected chi connectivity index (χ1v) is 6.37. The summed E-state index contributed by atoms with van der Waals surface area (Å²) in [5.74, 6) is 0.859. The number of aromatic nitrogens is 1. The van der Waals surface area contributed by atoms with E-state index >= 15 is 0 Å². The molecule has 0 radical (unpaired) electrons. The normalized spacial score (nSPS) is 10.2. The molecular formula is C16H17NO2. The van der Waals surface area contributed by atoms with Crippen molar-refractivity contribution in [1.82, 2.24) is 4.98 Å². The number of hydrogen-bond donors (Lipinski definition) is 0. The number of rotatable bonds is 5. The highest BCUT2D eigenvalue weighted by Gasteiger charge is 2.09. The fourth-order valence-electron chi connectivity index (χ4n) is 1.86. The van der Waals surface area contributed by atoms with Crippen molar-refractivity contribution in [2.24, 2.45) is 0 Å². The third-order valence-corrected chi connectivity index (χ3v) is 2.93. The summed E-state index contributed by atoms with van der Waals surface area (Å²) in [6, 6.07) is 11.1. The highest BCUT2D eigenvalue weighted by atomic mass is 16.5. The van der Waals surface area contributed by atoms with Crippen LogP contribution in [0.1, 0.15) is 28.5 Å². The number of Topliss-reactive ketones (excluding diaryl/α,β-unsaturated/α-hetero) is 1. The molecule has 1 aromatic carbocycles. The molecule has 2 rings (SSSR count). The molecule has 0 amide bonds. The lowest BCUT2D eigenvalue weighted by molar-refractivity contribution is 0.0991. The molecule has 19 heavy (non-hydrogen) atoms. The van der Waals surface area contributed by atoms with E-state index < -0.39 is 0 Å². The summed E-state index contributed by atoms with van der Waals surface area (Å²) < 4.78 is 5.35. The lowest BCUT2D eigenvalue weighted by atomic mass is 10.0. The quantitative estimate of drug-likeness (QED) is 0.770. The van der Waals surface area contributed by atoms with E-state index in [-0.39, 0.29) is 5.78 Å². The van der Waals surface area contributed by atoms with Gasteiger partial charge in [0, 0.05) is 11.8 Å². The van der Waals surface area contributed by atoms with E-state index in [1.165, 1.54) is 0 Å². The van der Waals surface area contributed by atoms with Gasteiger partial charge < -0.3 is 4.74 Å². The van der Waals surface area contributed by atoms with E-state index in [2.05, 4.69) is 4.98 Å². The third kappa shape index (κ3) is 3.41. The van der Waals surface area contributed by atoms with Gasteiger partial charge in [0.2, 0.25) is 0 Å². The average Bonchev–Trinajstić information content (AvgIpc) is 2.42. The molecule has 0 N–H and O–H groups in total. The van der Waals surface area contributed by atoms with Crippen LogP contribution in [-0.4, -0.2) is 17.4 Å². The average molecular weight is 255 g/mol. The first-order valence-electron chi connectivity index (χ1n) is 6.37. The van der Waals surface area contributed by atoms with Gasteiger partial charge in [-0.3, -0.25) is 9.78 Å². The van der Waals surface area contributed by atoms with Crippen molar-refractivity contribution in [1.29, 1.82) is 0 Å². The van der Waals surface area contributed by atoms with Crippen LogP contribution < -0.4 is 4.74 Å². The Balaban J connectivity index is 2.10. The van der Waals surface area contributed by atoms with Gasteiger partial charge in [0.15, 0.2) is 5.78 Å². The molecule has 0 spiro atoms. The van der Waals surface area contributed by atoms with Crippen LogP contribution in [0.5, 0.6) is 5.75 Å². The second-order valence-corrected chi connectivity index (χ2v) is 4.32. The lowest BCUT2D eigenvalue weighted by Crippen LogP contribution is -2.06. The van der Waals surface area contributed by atoms with Crippen LogP contribution in [-0.2, 0) is 6.42 Å². The van der Waals surface area contributed by atoms with Gasteiger partial charge in [-0.25, -0.2) is 0 Å². The molecule has 0 unspecified atom stereocenters. The van der Waals surface area contributed by atoms with Gasteiger partial charge in [-0.2, -0.15) is 0 Å². The molecule has 3 nitrogen and oxygen atoms in total. The molecule has 0 aliphatic carbocycles. The number of carbonyl (C=O) groups excluding carboxylic acids is 1. The van der Waals surface area contributed by atoms with Gasteiger partial charge in [0.25, 0.3) is 0 Å². The molecule has 0 aliphatic rings. The van der Waals surface area contributed by atoms with E-state index in [9.17, 15) is 4.79 Å². The molecular weight excluding hydrogens is 238 g/mol. The first kappa shape index (κ1) is 13.3. The minimum absolute atomic E-state index is 0.0739. The maximum atomic E-state index is 12.2. The molecule has 0 atom stereocenters. The SMILES string of the molecule is CCOc1ccc(C(=O)Cc2ncccc2C)cc1. The van der Waals surface area contributed by atoms with Crippen molar-refractivity contribution in [3.05, 3.63) is 59.4 Å². The van der Waals surface area contributed by atoms with Crippen molar-refractivity contribution < 1.29 is 9.53 Å². The molecule has 0 aliphatic heterocycles. The van der Waals surface area contributed by atoms with Gasteiger partial charge in [-0.05, 0) is 49.7 Å². The van der Waals surface area contributed by atoms with Crippen LogP contribution in [0.3, 0.4) is 0 Å². The van der Waals surface area contributed by atoms with E-state index in [1.807, 2.05) is 38.1 Å². The number of ketones is 1. The van der Waals surface area contributed by atoms with Crippen LogP contribution >= 0.6 is 0 Å². The van der Waals surface area contributed by atoms with Gasteiger partial charge in [-0.15, -0.1) is 0 Å². The van der Waals surface area contributed by atoms with Gasteiger partial charge in [0.1, 0.15) is 5.75 Å². The summed E-state index contributed by atoms with van der Waals surface area (Å²) in [5.41, 5.74) is 2.57. The Labute approximate surface area is 113 Å². The van der Waals surface area contributed by atoms with Gasteiger partial charge in [0.05, 0.1) is 18.7 Å². The Morgan fingerprint density at radius 3 is 2.58 bits per heavy atom. The van der Waals surface area contributed by atoms with Gasteiger partial charge >= 0.3 is 0 Å². The summed E-state index contributed by atoms with van der Waals surface area (Å²) in [5, 5.41) is 0. The van der Waals surface area contributed by atoms with Crippen LogP contribution in [0.25, 0.3) is 0 Å². The zero-order valence-electron chi connectivity index (χ0n) is 11.2. The Morgan fingerprint density at radius 2 is 1.95 bits per heavy atom. The maximum absolute atomic E-state index is 12.2. The van der Waals surface area contributed by atoms with Crippen molar-refractivity contribution in [2.45, 2.75) is 20.3 Å². The Morgan fingerprint density at radius 1 is 1.21 bits per heavy atom. The number of benzene rings is 1. The molecule has 0 saturated heterocycles. The Hall–Kier alpha value is -2.16. The van der Waals surface area contributed by atoms with Crippen LogP contribution in [0.15, 0.2) is 42.6 Å². The summed E-state index contributed by atoms with van der Waals surface area (Å²) in [6.45, 7) is 4.52. The number of ether oxygens (including phenoxy) is 1. The molecule has 1 heterocycles. The van der Waals surface area contributed by atoms with E-state index in [0.29, 0.717) is 18.6 Å². The molecule has 0 bridgehead atoms. The number of pyridine rings is 1. The molecule has 3 heteroatoms. The lowest BCUT2D eigenvalue weighted by Gasteiger charge is -2.06. The maximum Gasteiger partial charge on any atom is 0.168 e. The van der Waals surface area contributed by atoms with Crippen LogP contribution in [0.4, 0.5) is 0 Å². The first-order chi connectivity index (χ1) is 9.20. The Kier molecular flexibility index (Phi) is 4.29. The minimum atomic E-state index is 0.0739. The van der Waals surface area contributed by atoms with E-state index in [0.717, 1.165) is 17.0 Å². The number of aryl methyl sites for hydroxylation is 1. The Bertz CT molecular complexity index is 561. The topological polar surface area (TPSA) is 39.2 Å². The zero-order chi connectivity index (χ0) is 13.7. The van der Waals surface area contributed by atoms with Gasteiger partial charge in [-0.1, -0.05) is 6.07 Å². The monoisotopic (exact) mass is 255 g/mol. The second kappa shape index (κ2) is 6.14. The largest absolute Gasteiger partial charge is 0.494 e. The predicted molar refractivity (Wildman–Crippen MR) is 74.6 cm³/mol. The second-order valence-electron chi connectivity index (χ2n) is 4.32. The molecule has 2 aromatic rings.